The zero-order chi connectivity index (χ0) is 15.4. The fourth-order valence-corrected chi connectivity index (χ4v) is 2.20. The van der Waals surface area contributed by atoms with E-state index in [-0.39, 0.29) is 0 Å². The van der Waals surface area contributed by atoms with Crippen LogP contribution in [0, 0.1) is 6.92 Å². The summed E-state index contributed by atoms with van der Waals surface area (Å²) >= 11 is 0. The van der Waals surface area contributed by atoms with Gasteiger partial charge < -0.3 is 5.32 Å². The van der Waals surface area contributed by atoms with Crippen LogP contribution in [0.5, 0.6) is 0 Å². The molecule has 7 heteroatoms. The van der Waals surface area contributed by atoms with Crippen molar-refractivity contribution in [1.82, 2.24) is 30.6 Å². The second-order valence-electron chi connectivity index (χ2n) is 4.93. The van der Waals surface area contributed by atoms with Gasteiger partial charge >= 0.3 is 0 Å². The normalized spacial score (nSPS) is 10.6. The largest absolute Gasteiger partial charge is 0.366 e. The fourth-order valence-electron chi connectivity index (χ4n) is 2.20. The lowest BCUT2D eigenvalue weighted by Gasteiger charge is -2.10. The van der Waals surface area contributed by atoms with Crippen molar-refractivity contribution in [3.8, 4) is 11.4 Å². The molecule has 0 bridgehead atoms. The summed E-state index contributed by atoms with van der Waals surface area (Å²) in [6.07, 6.45) is 2.77. The zero-order valence-electron chi connectivity index (χ0n) is 12.5. The van der Waals surface area contributed by atoms with Gasteiger partial charge in [-0.3, -0.25) is 0 Å². The predicted molar refractivity (Wildman–Crippen MR) is 83.1 cm³/mol. The highest BCUT2D eigenvalue weighted by molar-refractivity contribution is 5.55. The van der Waals surface area contributed by atoms with Crippen LogP contribution in [0.25, 0.3) is 11.4 Å². The molecule has 1 aromatic carbocycles. The van der Waals surface area contributed by atoms with E-state index >= 15 is 0 Å². The van der Waals surface area contributed by atoms with Gasteiger partial charge in [-0.25, -0.2) is 9.97 Å². The zero-order valence-corrected chi connectivity index (χ0v) is 12.5. The molecular formula is C15H17N7. The van der Waals surface area contributed by atoms with E-state index in [0.717, 1.165) is 34.8 Å². The number of anilines is 1. The molecule has 0 amide bonds. The van der Waals surface area contributed by atoms with Crippen molar-refractivity contribution in [3.05, 3.63) is 47.4 Å². The van der Waals surface area contributed by atoms with Gasteiger partial charge in [0.05, 0.1) is 0 Å². The van der Waals surface area contributed by atoms with E-state index in [9.17, 15) is 0 Å². The van der Waals surface area contributed by atoms with Gasteiger partial charge in [0.15, 0.2) is 0 Å². The molecule has 0 atom stereocenters. The number of benzene rings is 1. The number of aryl methyl sites for hydroxylation is 2. The lowest BCUT2D eigenvalue weighted by molar-refractivity contribution is 0.881. The van der Waals surface area contributed by atoms with Gasteiger partial charge in [-0.2, -0.15) is 5.21 Å². The van der Waals surface area contributed by atoms with Crippen molar-refractivity contribution >= 4 is 5.82 Å². The van der Waals surface area contributed by atoms with Crippen molar-refractivity contribution in [2.45, 2.75) is 26.8 Å². The molecule has 0 radical (unpaired) electrons. The number of tetrazole rings is 1. The third kappa shape index (κ3) is 3.08. The van der Waals surface area contributed by atoms with Gasteiger partial charge in [0.2, 0.25) is 5.82 Å². The summed E-state index contributed by atoms with van der Waals surface area (Å²) in [5.41, 5.74) is 3.17. The molecule has 112 valence electrons. The molecule has 7 nitrogen and oxygen atoms in total. The summed E-state index contributed by atoms with van der Waals surface area (Å²) in [4.78, 5) is 8.70. The lowest BCUT2D eigenvalue weighted by atomic mass is 10.1. The van der Waals surface area contributed by atoms with Crippen molar-refractivity contribution < 1.29 is 0 Å². The second kappa shape index (κ2) is 6.30. The molecule has 0 spiro atoms. The first-order valence-electron chi connectivity index (χ1n) is 7.15. The summed E-state index contributed by atoms with van der Waals surface area (Å²) in [5.74, 6) is 2.24. The Morgan fingerprint density at radius 3 is 2.95 bits per heavy atom. The number of H-pyrrole nitrogens is 1. The number of aromatic amines is 1. The van der Waals surface area contributed by atoms with Crippen molar-refractivity contribution in [1.29, 1.82) is 0 Å². The van der Waals surface area contributed by atoms with E-state index in [1.54, 1.807) is 0 Å². The van der Waals surface area contributed by atoms with Crippen LogP contribution < -0.4 is 5.32 Å². The minimum Gasteiger partial charge on any atom is -0.366 e. The standard InChI is InChI=1S/C15H17N7/c1-3-12-9-16-10(2)18-14(12)17-8-11-5-4-6-13(7-11)15-19-21-22-20-15/h4-7,9H,3,8H2,1-2H3,(H,16,17,18)(H,19,20,21,22). The summed E-state index contributed by atoms with van der Waals surface area (Å²) in [6.45, 7) is 4.66. The maximum Gasteiger partial charge on any atom is 0.204 e. The highest BCUT2D eigenvalue weighted by Gasteiger charge is 2.06. The Balaban J connectivity index is 1.77. The van der Waals surface area contributed by atoms with Gasteiger partial charge in [0, 0.05) is 23.9 Å². The molecule has 0 aliphatic carbocycles. The molecule has 0 saturated carbocycles. The van der Waals surface area contributed by atoms with E-state index in [2.05, 4.69) is 48.9 Å². The van der Waals surface area contributed by atoms with Crippen LogP contribution >= 0.6 is 0 Å². The third-order valence-electron chi connectivity index (χ3n) is 3.36. The highest BCUT2D eigenvalue weighted by atomic mass is 15.5. The Morgan fingerprint density at radius 2 is 2.18 bits per heavy atom. The molecule has 0 aliphatic rings. The minimum absolute atomic E-state index is 0.592. The first kappa shape index (κ1) is 14.1. The average Bonchev–Trinajstić information content (AvgIpc) is 3.08. The van der Waals surface area contributed by atoms with Crippen molar-refractivity contribution in [2.75, 3.05) is 5.32 Å². The minimum atomic E-state index is 0.592. The smallest absolute Gasteiger partial charge is 0.204 e. The molecule has 0 aliphatic heterocycles. The van der Waals surface area contributed by atoms with Crippen LogP contribution in [-0.2, 0) is 13.0 Å². The molecule has 0 fully saturated rings. The van der Waals surface area contributed by atoms with Crippen LogP contribution in [0.1, 0.15) is 23.9 Å². The molecule has 2 N–H and O–H groups in total. The Bertz CT molecular complexity index is 752. The Labute approximate surface area is 128 Å². The lowest BCUT2D eigenvalue weighted by Crippen LogP contribution is -2.06. The Morgan fingerprint density at radius 1 is 1.27 bits per heavy atom. The predicted octanol–water partition coefficient (Wildman–Crippen LogP) is 2.14. The monoisotopic (exact) mass is 295 g/mol. The number of aromatic nitrogens is 6. The van der Waals surface area contributed by atoms with Crippen molar-refractivity contribution in [2.24, 2.45) is 0 Å². The van der Waals surface area contributed by atoms with Crippen LogP contribution in [0.4, 0.5) is 5.82 Å². The molecule has 0 saturated heterocycles. The summed E-state index contributed by atoms with van der Waals surface area (Å²) in [7, 11) is 0. The van der Waals surface area contributed by atoms with Crippen molar-refractivity contribution in [3.63, 3.8) is 0 Å². The summed E-state index contributed by atoms with van der Waals surface area (Å²) < 4.78 is 0. The number of rotatable bonds is 5. The van der Waals surface area contributed by atoms with Gasteiger partial charge in [0.25, 0.3) is 0 Å². The molecule has 2 aromatic heterocycles. The molecule has 22 heavy (non-hydrogen) atoms. The SMILES string of the molecule is CCc1cnc(C)nc1NCc1cccc(-c2nn[nH]n2)c1. The van der Waals surface area contributed by atoms with Gasteiger partial charge in [0.1, 0.15) is 11.6 Å². The first-order chi connectivity index (χ1) is 10.8. The van der Waals surface area contributed by atoms with Crippen LogP contribution in [0.3, 0.4) is 0 Å². The highest BCUT2D eigenvalue weighted by Crippen LogP contribution is 2.17. The van der Waals surface area contributed by atoms with Crippen LogP contribution in [0.2, 0.25) is 0 Å². The quantitative estimate of drug-likeness (QED) is 0.749. The van der Waals surface area contributed by atoms with E-state index in [1.165, 1.54) is 0 Å². The molecular weight excluding hydrogens is 278 g/mol. The fraction of sp³-hybridized carbons (Fsp3) is 0.267. The molecule has 3 aromatic rings. The van der Waals surface area contributed by atoms with Gasteiger partial charge in [-0.15, -0.1) is 10.2 Å². The molecule has 3 rings (SSSR count). The maximum atomic E-state index is 4.47. The van der Waals surface area contributed by atoms with Crippen LogP contribution in [0.15, 0.2) is 30.5 Å². The number of hydrogen-bond donors (Lipinski definition) is 2. The summed E-state index contributed by atoms with van der Waals surface area (Å²) in [5, 5.41) is 17.4. The maximum absolute atomic E-state index is 4.47. The number of hydrogen-bond acceptors (Lipinski definition) is 6. The Hall–Kier alpha value is -2.83. The van der Waals surface area contributed by atoms with E-state index in [0.29, 0.717) is 12.4 Å². The topological polar surface area (TPSA) is 92.3 Å². The van der Waals surface area contributed by atoms with E-state index in [4.69, 9.17) is 0 Å². The summed E-state index contributed by atoms with van der Waals surface area (Å²) in [6, 6.07) is 8.03. The Kier molecular flexibility index (Phi) is 4.04. The van der Waals surface area contributed by atoms with E-state index in [1.807, 2.05) is 31.3 Å². The number of nitrogens with one attached hydrogen (secondary N) is 2. The molecule has 2 heterocycles. The molecule has 0 unspecified atom stereocenters. The average molecular weight is 295 g/mol. The van der Waals surface area contributed by atoms with Gasteiger partial charge in [-0.05, 0) is 30.2 Å². The third-order valence-corrected chi connectivity index (χ3v) is 3.36. The first-order valence-corrected chi connectivity index (χ1v) is 7.15. The number of nitrogens with zero attached hydrogens (tertiary/aromatic N) is 5. The van der Waals surface area contributed by atoms with E-state index < -0.39 is 0 Å². The second-order valence-corrected chi connectivity index (χ2v) is 4.93. The van der Waals surface area contributed by atoms with Crippen LogP contribution in [-0.4, -0.2) is 30.6 Å². The van der Waals surface area contributed by atoms with Gasteiger partial charge in [-0.1, -0.05) is 25.1 Å².